The largest absolute Gasteiger partial charge is 0.391 e. The number of hydrogen-bond donors (Lipinski definition) is 4. The quantitative estimate of drug-likeness (QED) is 0.239. The minimum Gasteiger partial charge on any atom is -0.391 e. The molecule has 0 heterocycles. The Labute approximate surface area is 71.1 Å². The van der Waals surface area contributed by atoms with E-state index in [1.54, 1.807) is 0 Å². The van der Waals surface area contributed by atoms with Gasteiger partial charge in [-0.1, -0.05) is 0 Å². The van der Waals surface area contributed by atoms with Crippen LogP contribution in [0.3, 0.4) is 0 Å². The van der Waals surface area contributed by atoms with Crippen LogP contribution in [0.15, 0.2) is 0 Å². The van der Waals surface area contributed by atoms with Crippen molar-refractivity contribution in [2.75, 3.05) is 0 Å². The second-order valence-electron chi connectivity index (χ2n) is 2.72. The number of nitrogens with two attached hydrogens (primary N) is 1. The monoisotopic (exact) mass is 175 g/mol. The van der Waals surface area contributed by atoms with Crippen LogP contribution in [0.4, 0.5) is 0 Å². The summed E-state index contributed by atoms with van der Waals surface area (Å²) in [5.41, 5.74) is 2.32. The van der Waals surface area contributed by atoms with Gasteiger partial charge in [-0.05, 0) is 31.5 Å². The van der Waals surface area contributed by atoms with Crippen molar-refractivity contribution >= 4 is 17.3 Å². The van der Waals surface area contributed by atoms with Crippen molar-refractivity contribution in [2.24, 2.45) is 5.84 Å². The molecule has 1 fully saturated rings. The molecular formula is C6H13N3OS. The summed E-state index contributed by atoms with van der Waals surface area (Å²) in [4.78, 5) is 0. The zero-order valence-electron chi connectivity index (χ0n) is 6.21. The number of hydrazine groups is 1. The average Bonchev–Trinajstić information content (AvgIpc) is 2.37. The highest BCUT2D eigenvalue weighted by Crippen LogP contribution is 2.18. The number of nitrogens with one attached hydrogen (secondary N) is 2. The Morgan fingerprint density at radius 2 is 2.27 bits per heavy atom. The van der Waals surface area contributed by atoms with E-state index in [0.29, 0.717) is 5.11 Å². The van der Waals surface area contributed by atoms with E-state index in [1.165, 1.54) is 0 Å². The fourth-order valence-electron chi connectivity index (χ4n) is 1.32. The maximum Gasteiger partial charge on any atom is 0.180 e. The Kier molecular flexibility index (Phi) is 3.04. The Bertz CT molecular complexity index is 153. The van der Waals surface area contributed by atoms with E-state index in [4.69, 9.17) is 18.1 Å². The highest BCUT2D eigenvalue weighted by molar-refractivity contribution is 7.80. The SMILES string of the molecule is NNC(=S)NC1CCCC1O. The molecule has 4 nitrogen and oxygen atoms in total. The molecule has 1 aliphatic rings. The van der Waals surface area contributed by atoms with Crippen molar-refractivity contribution in [3.63, 3.8) is 0 Å². The summed E-state index contributed by atoms with van der Waals surface area (Å²) in [5.74, 6) is 5.06. The van der Waals surface area contributed by atoms with Gasteiger partial charge in [-0.3, -0.25) is 0 Å². The molecule has 0 saturated heterocycles. The summed E-state index contributed by atoms with van der Waals surface area (Å²) >= 11 is 4.79. The van der Waals surface area contributed by atoms with Gasteiger partial charge in [-0.25, -0.2) is 5.84 Å². The molecule has 5 N–H and O–H groups in total. The zero-order chi connectivity index (χ0) is 8.27. The standard InChI is InChI=1S/C6H13N3OS/c7-9-6(11)8-4-2-1-3-5(4)10/h4-5,10H,1-3,7H2,(H2,8,9,11). The fourth-order valence-corrected chi connectivity index (χ4v) is 1.47. The third-order valence-electron chi connectivity index (χ3n) is 1.93. The Morgan fingerprint density at radius 3 is 2.73 bits per heavy atom. The molecule has 1 saturated carbocycles. The molecule has 11 heavy (non-hydrogen) atoms. The van der Waals surface area contributed by atoms with Crippen LogP contribution in [0.25, 0.3) is 0 Å². The van der Waals surface area contributed by atoms with Crippen molar-refractivity contribution in [3.8, 4) is 0 Å². The lowest BCUT2D eigenvalue weighted by atomic mass is 10.2. The molecule has 5 heteroatoms. The first-order valence-corrected chi connectivity index (χ1v) is 4.10. The second-order valence-corrected chi connectivity index (χ2v) is 3.13. The van der Waals surface area contributed by atoms with E-state index in [9.17, 15) is 5.11 Å². The predicted molar refractivity (Wildman–Crippen MR) is 46.7 cm³/mol. The van der Waals surface area contributed by atoms with Gasteiger partial charge in [0.15, 0.2) is 5.11 Å². The first kappa shape index (κ1) is 8.70. The van der Waals surface area contributed by atoms with Gasteiger partial charge in [0.05, 0.1) is 12.1 Å². The maximum atomic E-state index is 9.34. The topological polar surface area (TPSA) is 70.3 Å². The number of rotatable bonds is 1. The van der Waals surface area contributed by atoms with Crippen molar-refractivity contribution < 1.29 is 5.11 Å². The van der Waals surface area contributed by atoms with Crippen LogP contribution in [-0.2, 0) is 0 Å². The lowest BCUT2D eigenvalue weighted by molar-refractivity contribution is 0.157. The maximum absolute atomic E-state index is 9.34. The summed E-state index contributed by atoms with van der Waals surface area (Å²) in [7, 11) is 0. The molecule has 0 amide bonds. The van der Waals surface area contributed by atoms with Crippen LogP contribution in [0.2, 0.25) is 0 Å². The van der Waals surface area contributed by atoms with E-state index < -0.39 is 0 Å². The summed E-state index contributed by atoms with van der Waals surface area (Å²) < 4.78 is 0. The molecular weight excluding hydrogens is 162 g/mol. The predicted octanol–water partition coefficient (Wildman–Crippen LogP) is -0.762. The molecule has 2 atom stereocenters. The van der Waals surface area contributed by atoms with Crippen molar-refractivity contribution in [1.82, 2.24) is 10.7 Å². The van der Waals surface area contributed by atoms with Gasteiger partial charge in [0.1, 0.15) is 0 Å². The van der Waals surface area contributed by atoms with Gasteiger partial charge in [0.2, 0.25) is 0 Å². The van der Waals surface area contributed by atoms with E-state index in [-0.39, 0.29) is 12.1 Å². The molecule has 0 radical (unpaired) electrons. The van der Waals surface area contributed by atoms with Crippen molar-refractivity contribution in [2.45, 2.75) is 31.4 Å². The summed E-state index contributed by atoms with van der Waals surface area (Å²) in [6, 6.07) is 0.0820. The Morgan fingerprint density at radius 1 is 1.55 bits per heavy atom. The molecule has 2 unspecified atom stereocenters. The molecule has 0 aromatic heterocycles. The van der Waals surface area contributed by atoms with Gasteiger partial charge in [-0.2, -0.15) is 0 Å². The van der Waals surface area contributed by atoms with E-state index >= 15 is 0 Å². The smallest absolute Gasteiger partial charge is 0.180 e. The van der Waals surface area contributed by atoms with Gasteiger partial charge in [0.25, 0.3) is 0 Å². The molecule has 1 rings (SSSR count). The van der Waals surface area contributed by atoms with Gasteiger partial charge >= 0.3 is 0 Å². The molecule has 0 spiro atoms. The molecule has 0 aromatic carbocycles. The molecule has 0 aromatic rings. The van der Waals surface area contributed by atoms with Crippen LogP contribution >= 0.6 is 12.2 Å². The highest BCUT2D eigenvalue weighted by atomic mass is 32.1. The summed E-state index contributed by atoms with van der Waals surface area (Å²) in [6.07, 6.45) is 2.58. The molecule has 0 bridgehead atoms. The lowest BCUT2D eigenvalue weighted by Gasteiger charge is -2.17. The lowest BCUT2D eigenvalue weighted by Crippen LogP contribution is -2.47. The zero-order valence-corrected chi connectivity index (χ0v) is 7.03. The number of hydrogen-bond acceptors (Lipinski definition) is 3. The van der Waals surface area contributed by atoms with Crippen LogP contribution in [-0.4, -0.2) is 22.4 Å². The van der Waals surface area contributed by atoms with Gasteiger partial charge in [-0.15, -0.1) is 0 Å². The van der Waals surface area contributed by atoms with Crippen molar-refractivity contribution in [3.05, 3.63) is 0 Å². The van der Waals surface area contributed by atoms with E-state index in [1.807, 2.05) is 0 Å². The van der Waals surface area contributed by atoms with Crippen LogP contribution < -0.4 is 16.6 Å². The first-order valence-electron chi connectivity index (χ1n) is 3.69. The van der Waals surface area contributed by atoms with E-state index in [2.05, 4.69) is 10.7 Å². The average molecular weight is 175 g/mol. The Balaban J connectivity index is 2.30. The van der Waals surface area contributed by atoms with Crippen LogP contribution in [0.5, 0.6) is 0 Å². The summed E-state index contributed by atoms with van der Waals surface area (Å²) in [5, 5.41) is 12.7. The van der Waals surface area contributed by atoms with Crippen molar-refractivity contribution in [1.29, 1.82) is 0 Å². The Hall–Kier alpha value is -0.390. The fraction of sp³-hybridized carbons (Fsp3) is 0.833. The third-order valence-corrected chi connectivity index (χ3v) is 2.16. The van der Waals surface area contributed by atoms with Gasteiger partial charge < -0.3 is 15.8 Å². The number of aliphatic hydroxyl groups is 1. The minimum atomic E-state index is -0.277. The van der Waals surface area contributed by atoms with Crippen LogP contribution in [0.1, 0.15) is 19.3 Å². The number of thiocarbonyl (C=S) groups is 1. The second kappa shape index (κ2) is 3.85. The molecule has 0 aliphatic heterocycles. The third kappa shape index (κ3) is 2.28. The number of aliphatic hydroxyl groups excluding tert-OH is 1. The van der Waals surface area contributed by atoms with Gasteiger partial charge in [0, 0.05) is 0 Å². The molecule has 64 valence electrons. The van der Waals surface area contributed by atoms with Crippen LogP contribution in [0, 0.1) is 0 Å². The summed E-state index contributed by atoms with van der Waals surface area (Å²) in [6.45, 7) is 0. The minimum absolute atomic E-state index is 0.0820. The molecule has 1 aliphatic carbocycles. The van der Waals surface area contributed by atoms with E-state index in [0.717, 1.165) is 19.3 Å². The first-order chi connectivity index (χ1) is 5.24. The highest BCUT2D eigenvalue weighted by Gasteiger charge is 2.25. The normalized spacial score (nSPS) is 30.0.